The minimum atomic E-state index is -3.78. The molecule has 2 N–H and O–H groups in total. The third kappa shape index (κ3) is 3.99. The average Bonchev–Trinajstić information content (AvgIpc) is 3.03. The van der Waals surface area contributed by atoms with E-state index < -0.39 is 26.4 Å². The van der Waals surface area contributed by atoms with Crippen molar-refractivity contribution in [2.75, 3.05) is 11.5 Å². The third-order valence-electron chi connectivity index (χ3n) is 4.81. The molecule has 0 amide bonds. The highest BCUT2D eigenvalue weighted by Crippen LogP contribution is 2.24. The molecule has 0 fully saturated rings. The van der Waals surface area contributed by atoms with Gasteiger partial charge in [0.05, 0.1) is 17.6 Å². The lowest BCUT2D eigenvalue weighted by Crippen LogP contribution is -2.09. The number of benzene rings is 1. The summed E-state index contributed by atoms with van der Waals surface area (Å²) in [4.78, 5) is 8.14. The van der Waals surface area contributed by atoms with E-state index in [4.69, 9.17) is 5.73 Å². The van der Waals surface area contributed by atoms with Crippen LogP contribution in [0.25, 0.3) is 11.0 Å². The van der Waals surface area contributed by atoms with E-state index in [1.807, 2.05) is 18.4 Å². The molecule has 0 bridgehead atoms. The molecule has 0 spiro atoms. The summed E-state index contributed by atoms with van der Waals surface area (Å²) >= 11 is 0. The standard InChI is InChI=1S/C19H22F2N4O2S/c1-12-13(2)24-19(22)17-18(12)25(11-23-17)8-4-3-5-9-28(26,27)16-7-6-14(20)10-15(16)21/h6-7,10-11H,3-5,8-9H2,1-2H3,(H2,22,24). The number of aryl methyl sites for hydroxylation is 3. The quantitative estimate of drug-likeness (QED) is 0.477. The lowest BCUT2D eigenvalue weighted by molar-refractivity contribution is 0.546. The van der Waals surface area contributed by atoms with Crippen molar-refractivity contribution in [3.8, 4) is 0 Å². The van der Waals surface area contributed by atoms with Crippen molar-refractivity contribution in [1.29, 1.82) is 0 Å². The number of nitrogens with zero attached hydrogens (tertiary/aromatic N) is 3. The van der Waals surface area contributed by atoms with E-state index in [1.165, 1.54) is 0 Å². The van der Waals surface area contributed by atoms with E-state index in [2.05, 4.69) is 9.97 Å². The summed E-state index contributed by atoms with van der Waals surface area (Å²) in [6.07, 6.45) is 3.46. The Bertz CT molecular complexity index is 1130. The van der Waals surface area contributed by atoms with Gasteiger partial charge in [-0.15, -0.1) is 0 Å². The van der Waals surface area contributed by atoms with Crippen LogP contribution in [-0.2, 0) is 16.4 Å². The Morgan fingerprint density at radius 2 is 1.89 bits per heavy atom. The smallest absolute Gasteiger partial charge is 0.181 e. The van der Waals surface area contributed by atoms with Gasteiger partial charge in [0.25, 0.3) is 0 Å². The van der Waals surface area contributed by atoms with Crippen molar-refractivity contribution in [3.05, 3.63) is 47.4 Å². The average molecular weight is 408 g/mol. The first kappa shape index (κ1) is 20.2. The predicted molar refractivity (Wildman–Crippen MR) is 104 cm³/mol. The lowest BCUT2D eigenvalue weighted by atomic mass is 10.2. The first-order valence-corrected chi connectivity index (χ1v) is 10.6. The zero-order chi connectivity index (χ0) is 20.5. The first-order valence-electron chi connectivity index (χ1n) is 8.96. The molecule has 0 aliphatic carbocycles. The lowest BCUT2D eigenvalue weighted by Gasteiger charge is -2.09. The van der Waals surface area contributed by atoms with E-state index in [-0.39, 0.29) is 5.75 Å². The Kier molecular flexibility index (Phi) is 5.64. The highest BCUT2D eigenvalue weighted by Gasteiger charge is 2.19. The summed E-state index contributed by atoms with van der Waals surface area (Å²) in [7, 11) is -3.78. The summed E-state index contributed by atoms with van der Waals surface area (Å²) < 4.78 is 53.2. The van der Waals surface area contributed by atoms with Gasteiger partial charge in [-0.3, -0.25) is 0 Å². The molecule has 0 aliphatic rings. The highest BCUT2D eigenvalue weighted by molar-refractivity contribution is 7.91. The molecule has 0 unspecified atom stereocenters. The second kappa shape index (κ2) is 7.83. The first-order chi connectivity index (χ1) is 13.2. The van der Waals surface area contributed by atoms with Gasteiger partial charge in [-0.2, -0.15) is 0 Å². The molecule has 28 heavy (non-hydrogen) atoms. The normalized spacial score (nSPS) is 12.0. The maximum absolute atomic E-state index is 13.7. The maximum Gasteiger partial charge on any atom is 0.181 e. The second-order valence-corrected chi connectivity index (χ2v) is 8.87. The Hall–Kier alpha value is -2.55. The molecule has 2 heterocycles. The Morgan fingerprint density at radius 3 is 2.61 bits per heavy atom. The molecule has 0 saturated carbocycles. The molecule has 9 heteroatoms. The van der Waals surface area contributed by atoms with Crippen LogP contribution in [0.4, 0.5) is 14.6 Å². The summed E-state index contributed by atoms with van der Waals surface area (Å²) in [5, 5.41) is 0. The van der Waals surface area contributed by atoms with Crippen molar-refractivity contribution in [1.82, 2.24) is 14.5 Å². The van der Waals surface area contributed by atoms with E-state index in [0.717, 1.165) is 35.3 Å². The number of rotatable bonds is 7. The van der Waals surface area contributed by atoms with Gasteiger partial charge in [-0.25, -0.2) is 27.2 Å². The number of aromatic nitrogens is 3. The molecule has 3 aromatic rings. The number of sulfone groups is 1. The van der Waals surface area contributed by atoms with Gasteiger partial charge < -0.3 is 10.3 Å². The van der Waals surface area contributed by atoms with Crippen molar-refractivity contribution in [2.24, 2.45) is 0 Å². The number of anilines is 1. The number of nitrogen functional groups attached to an aromatic ring is 1. The van der Waals surface area contributed by atoms with Gasteiger partial charge in [0.2, 0.25) is 0 Å². The van der Waals surface area contributed by atoms with Crippen LogP contribution in [0.1, 0.15) is 30.5 Å². The molecular weight excluding hydrogens is 386 g/mol. The largest absolute Gasteiger partial charge is 0.382 e. The molecule has 1 aromatic carbocycles. The van der Waals surface area contributed by atoms with Crippen molar-refractivity contribution >= 4 is 26.7 Å². The summed E-state index contributed by atoms with van der Waals surface area (Å²) in [5.74, 6) is -1.65. The number of unbranched alkanes of at least 4 members (excludes halogenated alkanes) is 2. The Morgan fingerprint density at radius 1 is 1.14 bits per heavy atom. The molecule has 150 valence electrons. The van der Waals surface area contributed by atoms with Crippen molar-refractivity contribution in [3.63, 3.8) is 0 Å². The fraction of sp³-hybridized carbons (Fsp3) is 0.368. The number of hydrogen-bond donors (Lipinski definition) is 1. The fourth-order valence-corrected chi connectivity index (χ4v) is 4.65. The number of hydrogen-bond acceptors (Lipinski definition) is 5. The van der Waals surface area contributed by atoms with E-state index >= 15 is 0 Å². The highest BCUT2D eigenvalue weighted by atomic mass is 32.2. The van der Waals surface area contributed by atoms with Crippen LogP contribution in [0, 0.1) is 25.5 Å². The Balaban J connectivity index is 1.60. The van der Waals surface area contributed by atoms with E-state index in [1.54, 1.807) is 6.33 Å². The number of halogens is 2. The number of imidazole rings is 1. The van der Waals surface area contributed by atoms with Crippen LogP contribution in [0.5, 0.6) is 0 Å². The van der Waals surface area contributed by atoms with Gasteiger partial charge in [-0.05, 0) is 44.4 Å². The maximum atomic E-state index is 13.7. The Labute approximate surface area is 162 Å². The van der Waals surface area contributed by atoms with E-state index in [0.29, 0.717) is 36.8 Å². The van der Waals surface area contributed by atoms with Crippen LogP contribution in [0.3, 0.4) is 0 Å². The molecular formula is C19H22F2N4O2S. The van der Waals surface area contributed by atoms with Crippen LogP contribution in [0.15, 0.2) is 29.4 Å². The van der Waals surface area contributed by atoms with Crippen LogP contribution >= 0.6 is 0 Å². The molecule has 0 radical (unpaired) electrons. The predicted octanol–water partition coefficient (Wildman–Crippen LogP) is 3.55. The molecule has 3 rings (SSSR count). The van der Waals surface area contributed by atoms with Crippen molar-refractivity contribution in [2.45, 2.75) is 44.6 Å². The minimum Gasteiger partial charge on any atom is -0.382 e. The summed E-state index contributed by atoms with van der Waals surface area (Å²) in [6, 6.07) is 2.51. The zero-order valence-corrected chi connectivity index (χ0v) is 16.6. The van der Waals surface area contributed by atoms with Crippen LogP contribution < -0.4 is 5.73 Å². The molecule has 2 aromatic heterocycles. The van der Waals surface area contributed by atoms with Gasteiger partial charge in [0, 0.05) is 18.3 Å². The molecule has 0 atom stereocenters. The molecule has 0 saturated heterocycles. The van der Waals surface area contributed by atoms with Gasteiger partial charge in [0.1, 0.15) is 22.0 Å². The number of nitrogens with two attached hydrogens (primary N) is 1. The van der Waals surface area contributed by atoms with Gasteiger partial charge >= 0.3 is 0 Å². The monoisotopic (exact) mass is 408 g/mol. The molecule has 0 aliphatic heterocycles. The molecule has 6 nitrogen and oxygen atoms in total. The second-order valence-electron chi connectivity index (χ2n) is 6.80. The van der Waals surface area contributed by atoms with Crippen molar-refractivity contribution < 1.29 is 17.2 Å². The fourth-order valence-electron chi connectivity index (χ4n) is 3.21. The van der Waals surface area contributed by atoms with Crippen LogP contribution in [-0.4, -0.2) is 28.7 Å². The van der Waals surface area contributed by atoms with Gasteiger partial charge in [0.15, 0.2) is 15.7 Å². The minimum absolute atomic E-state index is 0.185. The number of pyridine rings is 1. The topological polar surface area (TPSA) is 90.9 Å². The third-order valence-corrected chi connectivity index (χ3v) is 6.63. The summed E-state index contributed by atoms with van der Waals surface area (Å²) in [6.45, 7) is 4.51. The van der Waals surface area contributed by atoms with Gasteiger partial charge in [-0.1, -0.05) is 6.42 Å². The summed E-state index contributed by atoms with van der Waals surface area (Å²) in [5.41, 5.74) is 9.39. The number of fused-ring (bicyclic) bond motifs is 1. The van der Waals surface area contributed by atoms with Crippen LogP contribution in [0.2, 0.25) is 0 Å². The van der Waals surface area contributed by atoms with E-state index in [9.17, 15) is 17.2 Å². The zero-order valence-electron chi connectivity index (χ0n) is 15.7. The SMILES string of the molecule is Cc1nc(N)c2ncn(CCCCCS(=O)(=O)c3ccc(F)cc3F)c2c1C.